The van der Waals surface area contributed by atoms with Crippen molar-refractivity contribution in [2.75, 3.05) is 19.6 Å². The molecule has 0 bridgehead atoms. The van der Waals surface area contributed by atoms with Crippen molar-refractivity contribution < 1.29 is 14.4 Å². The molecule has 4 rings (SSSR count). The number of likely N-dealkylation sites (tertiary alicyclic amines) is 1. The van der Waals surface area contributed by atoms with Gasteiger partial charge in [-0.3, -0.25) is 24.6 Å². The number of rotatable bonds is 7. The summed E-state index contributed by atoms with van der Waals surface area (Å²) in [6, 6.07) is -0.561. The van der Waals surface area contributed by atoms with Crippen LogP contribution in [0.5, 0.6) is 0 Å². The van der Waals surface area contributed by atoms with Crippen LogP contribution in [0, 0.1) is 5.41 Å². The van der Waals surface area contributed by atoms with Crippen LogP contribution in [0.15, 0.2) is 35.5 Å². The second-order valence-corrected chi connectivity index (χ2v) is 9.94. The third kappa shape index (κ3) is 5.01. The predicted molar refractivity (Wildman–Crippen MR) is 131 cm³/mol. The van der Waals surface area contributed by atoms with Gasteiger partial charge in [0.15, 0.2) is 0 Å². The summed E-state index contributed by atoms with van der Waals surface area (Å²) in [6.07, 6.45) is 15.4. The van der Waals surface area contributed by atoms with Gasteiger partial charge in [0.05, 0.1) is 5.54 Å². The predicted octanol–water partition coefficient (Wildman–Crippen LogP) is 4.13. The van der Waals surface area contributed by atoms with Crippen LogP contribution < -0.4 is 5.32 Å². The molecule has 2 atom stereocenters. The Bertz CT molecular complexity index is 866. The van der Waals surface area contributed by atoms with Crippen LogP contribution in [-0.4, -0.2) is 58.7 Å². The summed E-state index contributed by atoms with van der Waals surface area (Å²) in [6.45, 7) is 13.4. The lowest BCUT2D eigenvalue weighted by Crippen LogP contribution is -2.63. The standard InChI is InChI=1S/C25H35N3O3.C2H6/c1-4-6-12-25(11-5-2)16-27(17-25)24(3)13-9-18-15-28(23(31)19(18)10-14-24)20-7-8-21(29)26-22(20)30;1-2/h9-10,13-14,20H,4-8,11-12,15-17H2,1-3H3,(H,26,29,30);1-2H3. The Labute approximate surface area is 199 Å². The van der Waals surface area contributed by atoms with Crippen molar-refractivity contribution in [3.8, 4) is 0 Å². The van der Waals surface area contributed by atoms with Gasteiger partial charge in [-0.15, -0.1) is 0 Å². The molecule has 4 aliphatic rings. The van der Waals surface area contributed by atoms with Gasteiger partial charge in [-0.05, 0) is 37.2 Å². The Morgan fingerprint density at radius 2 is 1.73 bits per heavy atom. The minimum absolute atomic E-state index is 0.110. The van der Waals surface area contributed by atoms with Gasteiger partial charge < -0.3 is 4.90 Å². The van der Waals surface area contributed by atoms with Gasteiger partial charge in [-0.2, -0.15) is 0 Å². The molecule has 3 aliphatic heterocycles. The topological polar surface area (TPSA) is 69.7 Å². The highest BCUT2D eigenvalue weighted by atomic mass is 16.2. The molecule has 33 heavy (non-hydrogen) atoms. The molecule has 3 heterocycles. The zero-order chi connectivity index (χ0) is 24.2. The van der Waals surface area contributed by atoms with Gasteiger partial charge in [0.1, 0.15) is 6.04 Å². The van der Waals surface area contributed by atoms with E-state index >= 15 is 0 Å². The number of carbonyl (C=O) groups excluding carboxylic acids is 3. The number of piperidine rings is 1. The van der Waals surface area contributed by atoms with Crippen LogP contribution in [-0.2, 0) is 14.4 Å². The van der Waals surface area contributed by atoms with E-state index in [1.54, 1.807) is 4.90 Å². The first-order valence-electron chi connectivity index (χ1n) is 12.8. The maximum atomic E-state index is 13.1. The van der Waals surface area contributed by atoms with Crippen LogP contribution in [0.2, 0.25) is 0 Å². The van der Waals surface area contributed by atoms with E-state index in [2.05, 4.69) is 49.2 Å². The van der Waals surface area contributed by atoms with Gasteiger partial charge in [0.25, 0.3) is 5.91 Å². The molecule has 1 N–H and O–H groups in total. The second kappa shape index (κ2) is 10.4. The Hall–Kier alpha value is -2.21. The molecule has 1 aliphatic carbocycles. The van der Waals surface area contributed by atoms with E-state index in [4.69, 9.17) is 0 Å². The minimum Gasteiger partial charge on any atom is -0.322 e. The summed E-state index contributed by atoms with van der Waals surface area (Å²) in [5.74, 6) is -0.730. The van der Waals surface area contributed by atoms with Gasteiger partial charge in [-0.25, -0.2) is 0 Å². The van der Waals surface area contributed by atoms with E-state index in [0.29, 0.717) is 24.0 Å². The SMILES string of the molecule is CC.CCCCC1(CCC)CN(C2(C)C=CC3=C(C=C2)C(=O)N(C2CCC(=O)NC2=O)C3)C1. The van der Waals surface area contributed by atoms with Crippen molar-refractivity contribution in [2.24, 2.45) is 5.41 Å². The lowest BCUT2D eigenvalue weighted by atomic mass is 9.70. The molecule has 0 aromatic heterocycles. The fourth-order valence-electron chi connectivity index (χ4n) is 5.60. The zero-order valence-corrected chi connectivity index (χ0v) is 21.1. The molecular formula is C27H41N3O3. The van der Waals surface area contributed by atoms with E-state index in [1.165, 1.54) is 32.1 Å². The maximum absolute atomic E-state index is 13.1. The van der Waals surface area contributed by atoms with Crippen LogP contribution in [0.4, 0.5) is 0 Å². The Morgan fingerprint density at radius 1 is 1.03 bits per heavy atom. The number of imide groups is 1. The lowest BCUT2D eigenvalue weighted by molar-refractivity contribution is -0.142. The third-order valence-corrected chi connectivity index (χ3v) is 7.55. The van der Waals surface area contributed by atoms with E-state index in [9.17, 15) is 14.4 Å². The number of hydrogen-bond acceptors (Lipinski definition) is 4. The van der Waals surface area contributed by atoms with Crippen molar-refractivity contribution >= 4 is 17.7 Å². The molecule has 2 saturated heterocycles. The molecule has 0 saturated carbocycles. The highest BCUT2D eigenvalue weighted by Gasteiger charge is 2.48. The van der Waals surface area contributed by atoms with Crippen LogP contribution >= 0.6 is 0 Å². The van der Waals surface area contributed by atoms with Crippen molar-refractivity contribution in [3.63, 3.8) is 0 Å². The van der Waals surface area contributed by atoms with Crippen molar-refractivity contribution in [1.29, 1.82) is 0 Å². The van der Waals surface area contributed by atoms with Gasteiger partial charge >= 0.3 is 0 Å². The van der Waals surface area contributed by atoms with Crippen LogP contribution in [0.3, 0.4) is 0 Å². The fraction of sp³-hybridized carbons (Fsp3) is 0.667. The maximum Gasteiger partial charge on any atom is 0.255 e. The Balaban J connectivity index is 0.00000149. The monoisotopic (exact) mass is 455 g/mol. The quantitative estimate of drug-likeness (QED) is 0.586. The second-order valence-electron chi connectivity index (χ2n) is 9.94. The molecule has 0 aromatic rings. The molecule has 2 unspecified atom stereocenters. The average molecular weight is 456 g/mol. The molecule has 2 fully saturated rings. The lowest BCUT2D eigenvalue weighted by Gasteiger charge is -2.56. The molecule has 0 aromatic carbocycles. The van der Waals surface area contributed by atoms with E-state index in [-0.39, 0.29) is 29.7 Å². The molecule has 3 amide bonds. The number of hydrogen-bond donors (Lipinski definition) is 1. The molecular weight excluding hydrogens is 414 g/mol. The number of unbranched alkanes of at least 4 members (excludes halogenated alkanes) is 1. The summed E-state index contributed by atoms with van der Waals surface area (Å²) in [4.78, 5) is 40.9. The third-order valence-electron chi connectivity index (χ3n) is 7.55. The fourth-order valence-corrected chi connectivity index (χ4v) is 5.60. The summed E-state index contributed by atoms with van der Waals surface area (Å²) in [7, 11) is 0. The molecule has 6 nitrogen and oxygen atoms in total. The first-order chi connectivity index (χ1) is 15.8. The van der Waals surface area contributed by atoms with Gasteiger partial charge in [0.2, 0.25) is 11.8 Å². The zero-order valence-electron chi connectivity index (χ0n) is 21.1. The van der Waals surface area contributed by atoms with Crippen LogP contribution in [0.25, 0.3) is 0 Å². The molecule has 6 heteroatoms. The van der Waals surface area contributed by atoms with Crippen LogP contribution in [0.1, 0.15) is 79.6 Å². The summed E-state index contributed by atoms with van der Waals surface area (Å²) in [5.41, 5.74) is 1.88. The minimum atomic E-state index is -0.561. The summed E-state index contributed by atoms with van der Waals surface area (Å²) in [5, 5.41) is 2.36. The van der Waals surface area contributed by atoms with Gasteiger partial charge in [0, 0.05) is 31.6 Å². The number of nitrogens with zero attached hydrogens (tertiary/aromatic N) is 2. The number of carbonyl (C=O) groups is 3. The highest BCUT2D eigenvalue weighted by Crippen LogP contribution is 2.45. The van der Waals surface area contributed by atoms with Crippen molar-refractivity contribution in [1.82, 2.24) is 15.1 Å². The first kappa shape index (κ1) is 25.4. The van der Waals surface area contributed by atoms with Crippen molar-refractivity contribution in [3.05, 3.63) is 35.5 Å². The van der Waals surface area contributed by atoms with Gasteiger partial charge in [-0.1, -0.05) is 71.3 Å². The highest BCUT2D eigenvalue weighted by molar-refractivity contribution is 6.06. The van der Waals surface area contributed by atoms with E-state index in [1.807, 2.05) is 19.9 Å². The number of amides is 3. The summed E-state index contributed by atoms with van der Waals surface area (Å²) >= 11 is 0. The average Bonchev–Trinajstić information content (AvgIpc) is 2.98. The normalized spacial score (nSPS) is 28.7. The summed E-state index contributed by atoms with van der Waals surface area (Å²) < 4.78 is 0. The van der Waals surface area contributed by atoms with E-state index in [0.717, 1.165) is 18.7 Å². The molecule has 182 valence electrons. The largest absolute Gasteiger partial charge is 0.322 e. The van der Waals surface area contributed by atoms with E-state index < -0.39 is 6.04 Å². The molecule has 0 radical (unpaired) electrons. The first-order valence-corrected chi connectivity index (χ1v) is 12.8. The molecule has 0 spiro atoms. The number of nitrogens with one attached hydrogen (secondary N) is 1. The Morgan fingerprint density at radius 3 is 2.36 bits per heavy atom. The Kier molecular flexibility index (Phi) is 7.99. The van der Waals surface area contributed by atoms with Crippen molar-refractivity contribution in [2.45, 2.75) is 91.1 Å². The smallest absolute Gasteiger partial charge is 0.255 e.